The van der Waals surface area contributed by atoms with Crippen LogP contribution in [0.3, 0.4) is 0 Å². The number of rotatable bonds is 10. The molecule has 0 unspecified atom stereocenters. The number of methoxy groups -OCH3 is 1. The molecular weight excluding hydrogens is 380 g/mol. The van der Waals surface area contributed by atoms with Crippen molar-refractivity contribution >= 4 is 21.6 Å². The monoisotopic (exact) mass is 404 g/mol. The van der Waals surface area contributed by atoms with Crippen molar-refractivity contribution in [1.29, 1.82) is 0 Å². The molecule has 0 fully saturated rings. The van der Waals surface area contributed by atoms with Gasteiger partial charge in [0.05, 0.1) is 11.6 Å². The summed E-state index contributed by atoms with van der Waals surface area (Å²) in [6.45, 7) is 6.70. The number of para-hydroxylation sites is 1. The Balaban J connectivity index is 1.88. The molecule has 0 atom stereocenters. The third-order valence-electron chi connectivity index (χ3n) is 3.78. The van der Waals surface area contributed by atoms with Crippen LogP contribution < -0.4 is 19.7 Å². The first-order valence-corrected chi connectivity index (χ1v) is 9.02. The van der Waals surface area contributed by atoms with Crippen LogP contribution in [0.2, 0.25) is 0 Å². The molecule has 0 aliphatic rings. The number of benzene rings is 2. The average Bonchev–Trinajstić information content (AvgIpc) is 2.64. The zero-order valence-electron chi connectivity index (χ0n) is 14.8. The summed E-state index contributed by atoms with van der Waals surface area (Å²) in [7, 11) is 3.75. The maximum Gasteiger partial charge on any atom is 0.175 e. The van der Waals surface area contributed by atoms with Crippen molar-refractivity contribution in [1.82, 2.24) is 5.32 Å². The molecule has 5 heteroatoms. The van der Waals surface area contributed by atoms with E-state index in [1.807, 2.05) is 12.1 Å². The molecule has 0 saturated carbocycles. The second-order valence-electron chi connectivity index (χ2n) is 5.64. The standard InChI is InChI=1S/C20H25BrN2O2/c1-4-12-25-20-18(21)13-16(14-19(20)24-3)15-22-10-11-23(2)17-8-6-5-7-9-17/h4-9,13-14,22H,1,10-12,15H2,2-3H3. The molecule has 0 aliphatic heterocycles. The van der Waals surface area contributed by atoms with E-state index in [1.54, 1.807) is 13.2 Å². The molecule has 0 aliphatic carbocycles. The van der Waals surface area contributed by atoms with Crippen molar-refractivity contribution in [2.45, 2.75) is 6.54 Å². The van der Waals surface area contributed by atoms with Crippen molar-refractivity contribution < 1.29 is 9.47 Å². The van der Waals surface area contributed by atoms with E-state index in [0.717, 1.165) is 35.4 Å². The van der Waals surface area contributed by atoms with E-state index in [9.17, 15) is 0 Å². The Bertz CT molecular complexity index is 677. The first-order chi connectivity index (χ1) is 12.2. The van der Waals surface area contributed by atoms with E-state index in [4.69, 9.17) is 9.47 Å². The van der Waals surface area contributed by atoms with E-state index >= 15 is 0 Å². The van der Waals surface area contributed by atoms with Gasteiger partial charge in [0.1, 0.15) is 6.61 Å². The van der Waals surface area contributed by atoms with Gasteiger partial charge in [-0.1, -0.05) is 30.9 Å². The van der Waals surface area contributed by atoms with Crippen LogP contribution >= 0.6 is 15.9 Å². The quantitative estimate of drug-likeness (QED) is 0.474. The molecule has 134 valence electrons. The number of halogens is 1. The molecule has 2 aromatic rings. The van der Waals surface area contributed by atoms with Crippen LogP contribution in [0.4, 0.5) is 5.69 Å². The van der Waals surface area contributed by atoms with Crippen molar-refractivity contribution in [2.75, 3.05) is 38.8 Å². The number of anilines is 1. The van der Waals surface area contributed by atoms with E-state index in [1.165, 1.54) is 5.69 Å². The molecular formula is C20H25BrN2O2. The molecule has 0 amide bonds. The molecule has 0 bridgehead atoms. The summed E-state index contributed by atoms with van der Waals surface area (Å²) in [6, 6.07) is 14.4. The Hall–Kier alpha value is -1.98. The zero-order chi connectivity index (χ0) is 18.1. The fourth-order valence-electron chi connectivity index (χ4n) is 2.45. The molecule has 2 rings (SSSR count). The summed E-state index contributed by atoms with van der Waals surface area (Å²) >= 11 is 3.56. The fraction of sp³-hybridized carbons (Fsp3) is 0.300. The molecule has 0 heterocycles. The van der Waals surface area contributed by atoms with E-state index < -0.39 is 0 Å². The molecule has 2 aromatic carbocycles. The predicted octanol–water partition coefficient (Wildman–Crippen LogP) is 4.25. The molecule has 1 N–H and O–H groups in total. The minimum atomic E-state index is 0.443. The van der Waals surface area contributed by atoms with Crippen LogP contribution in [0.1, 0.15) is 5.56 Å². The van der Waals surface area contributed by atoms with Crippen molar-refractivity contribution in [3.63, 3.8) is 0 Å². The summed E-state index contributed by atoms with van der Waals surface area (Å²) in [5, 5.41) is 3.47. The van der Waals surface area contributed by atoms with Crippen LogP contribution in [0.5, 0.6) is 11.5 Å². The topological polar surface area (TPSA) is 33.7 Å². The molecule has 25 heavy (non-hydrogen) atoms. The Morgan fingerprint density at radius 3 is 2.68 bits per heavy atom. The molecule has 0 radical (unpaired) electrons. The maximum absolute atomic E-state index is 5.65. The minimum Gasteiger partial charge on any atom is -0.493 e. The van der Waals surface area contributed by atoms with Gasteiger partial charge in [-0.25, -0.2) is 0 Å². The van der Waals surface area contributed by atoms with Crippen LogP contribution in [-0.4, -0.2) is 33.9 Å². The Kier molecular flexibility index (Phi) is 7.82. The van der Waals surface area contributed by atoms with Gasteiger partial charge in [0.25, 0.3) is 0 Å². The van der Waals surface area contributed by atoms with Crippen LogP contribution in [0.15, 0.2) is 59.6 Å². The van der Waals surface area contributed by atoms with E-state index in [-0.39, 0.29) is 0 Å². The van der Waals surface area contributed by atoms with Gasteiger partial charge < -0.3 is 19.7 Å². The van der Waals surface area contributed by atoms with Crippen molar-refractivity contribution in [2.24, 2.45) is 0 Å². The highest BCUT2D eigenvalue weighted by atomic mass is 79.9. The average molecular weight is 405 g/mol. The predicted molar refractivity (Wildman–Crippen MR) is 108 cm³/mol. The van der Waals surface area contributed by atoms with E-state index in [0.29, 0.717) is 12.4 Å². The SMILES string of the molecule is C=CCOc1c(Br)cc(CNCCN(C)c2ccccc2)cc1OC. The Morgan fingerprint density at radius 2 is 2.00 bits per heavy atom. The minimum absolute atomic E-state index is 0.443. The molecule has 4 nitrogen and oxygen atoms in total. The summed E-state index contributed by atoms with van der Waals surface area (Å²) in [6.07, 6.45) is 1.71. The molecule has 0 aromatic heterocycles. The van der Waals surface area contributed by atoms with Crippen LogP contribution in [-0.2, 0) is 6.54 Å². The summed E-state index contributed by atoms with van der Waals surface area (Å²) in [5.41, 5.74) is 2.36. The van der Waals surface area contributed by atoms with Gasteiger partial charge in [-0.05, 0) is 45.8 Å². The number of likely N-dealkylation sites (N-methyl/N-ethyl adjacent to an activating group) is 1. The number of nitrogens with one attached hydrogen (secondary N) is 1. The van der Waals surface area contributed by atoms with Gasteiger partial charge in [-0.15, -0.1) is 0 Å². The first-order valence-electron chi connectivity index (χ1n) is 8.22. The highest BCUT2D eigenvalue weighted by Crippen LogP contribution is 2.36. The van der Waals surface area contributed by atoms with Crippen molar-refractivity contribution in [3.05, 3.63) is 65.2 Å². The highest BCUT2D eigenvalue weighted by Gasteiger charge is 2.11. The van der Waals surface area contributed by atoms with Crippen LogP contribution in [0, 0.1) is 0 Å². The van der Waals surface area contributed by atoms with Gasteiger partial charge in [0.15, 0.2) is 11.5 Å². The summed E-state index contributed by atoms with van der Waals surface area (Å²) in [4.78, 5) is 2.23. The number of hydrogen-bond donors (Lipinski definition) is 1. The van der Waals surface area contributed by atoms with Gasteiger partial charge >= 0.3 is 0 Å². The Morgan fingerprint density at radius 1 is 1.24 bits per heavy atom. The molecule has 0 spiro atoms. The highest BCUT2D eigenvalue weighted by molar-refractivity contribution is 9.10. The largest absolute Gasteiger partial charge is 0.493 e. The summed E-state index contributed by atoms with van der Waals surface area (Å²) < 4.78 is 12.0. The van der Waals surface area contributed by atoms with Gasteiger partial charge in [0, 0.05) is 32.4 Å². The number of hydrogen-bond acceptors (Lipinski definition) is 4. The van der Waals surface area contributed by atoms with Gasteiger partial charge in [-0.2, -0.15) is 0 Å². The lowest BCUT2D eigenvalue weighted by atomic mass is 10.2. The Labute approximate surface area is 158 Å². The lowest BCUT2D eigenvalue weighted by molar-refractivity contribution is 0.324. The van der Waals surface area contributed by atoms with Crippen LogP contribution in [0.25, 0.3) is 0 Å². The number of ether oxygens (including phenoxy) is 2. The van der Waals surface area contributed by atoms with E-state index in [2.05, 4.69) is 70.1 Å². The zero-order valence-corrected chi connectivity index (χ0v) is 16.4. The second kappa shape index (κ2) is 10.1. The maximum atomic E-state index is 5.65. The second-order valence-corrected chi connectivity index (χ2v) is 6.50. The third kappa shape index (κ3) is 5.80. The van der Waals surface area contributed by atoms with Gasteiger partial charge in [0.2, 0.25) is 0 Å². The lowest BCUT2D eigenvalue weighted by Crippen LogP contribution is -2.28. The number of nitrogens with zero attached hydrogens (tertiary/aromatic N) is 1. The lowest BCUT2D eigenvalue weighted by Gasteiger charge is -2.19. The smallest absolute Gasteiger partial charge is 0.175 e. The van der Waals surface area contributed by atoms with Crippen molar-refractivity contribution in [3.8, 4) is 11.5 Å². The van der Waals surface area contributed by atoms with Gasteiger partial charge in [-0.3, -0.25) is 0 Å². The normalized spacial score (nSPS) is 10.4. The molecule has 0 saturated heterocycles. The third-order valence-corrected chi connectivity index (χ3v) is 4.37. The first kappa shape index (κ1) is 19.3. The summed E-state index contributed by atoms with van der Waals surface area (Å²) in [5.74, 6) is 1.42. The fourth-order valence-corrected chi connectivity index (χ4v) is 3.05.